The molecule has 0 spiro atoms. The highest BCUT2D eigenvalue weighted by Gasteiger charge is 2.36. The van der Waals surface area contributed by atoms with Gasteiger partial charge in [0.05, 0.1) is 6.04 Å². The lowest BCUT2D eigenvalue weighted by molar-refractivity contribution is -0.145. The van der Waals surface area contributed by atoms with Gasteiger partial charge in [-0.1, -0.05) is 29.8 Å². The molecule has 2 saturated heterocycles. The Labute approximate surface area is 132 Å². The summed E-state index contributed by atoms with van der Waals surface area (Å²) in [7, 11) is 1.81. The Bertz CT molecular complexity index is 584. The highest BCUT2D eigenvalue weighted by atomic mass is 16.2. The maximum Gasteiger partial charge on any atom is 0.226 e. The molecule has 2 atom stereocenters. The summed E-state index contributed by atoms with van der Waals surface area (Å²) < 4.78 is 0. The van der Waals surface area contributed by atoms with Crippen molar-refractivity contribution in [3.05, 3.63) is 35.4 Å². The number of hydrogen-bond donors (Lipinski definition) is 0. The molecule has 0 bridgehead atoms. The van der Waals surface area contributed by atoms with Crippen molar-refractivity contribution in [1.82, 2.24) is 9.80 Å². The minimum atomic E-state index is -0.130. The summed E-state index contributed by atoms with van der Waals surface area (Å²) in [4.78, 5) is 28.5. The predicted octanol–water partition coefficient (Wildman–Crippen LogP) is 2.53. The molecular formula is C18H24N2O2. The number of rotatable bonds is 2. The molecule has 2 aliphatic rings. The molecule has 0 unspecified atom stereocenters. The molecule has 1 aromatic rings. The third-order valence-corrected chi connectivity index (χ3v) is 4.97. The van der Waals surface area contributed by atoms with Crippen molar-refractivity contribution >= 4 is 11.8 Å². The van der Waals surface area contributed by atoms with Gasteiger partial charge >= 0.3 is 0 Å². The maximum atomic E-state index is 12.9. The predicted molar refractivity (Wildman–Crippen MR) is 85.2 cm³/mol. The van der Waals surface area contributed by atoms with Gasteiger partial charge in [0.15, 0.2) is 0 Å². The van der Waals surface area contributed by atoms with Gasteiger partial charge in [-0.15, -0.1) is 0 Å². The van der Waals surface area contributed by atoms with Crippen molar-refractivity contribution in [1.29, 1.82) is 0 Å². The summed E-state index contributed by atoms with van der Waals surface area (Å²) in [5.41, 5.74) is 2.45. The van der Waals surface area contributed by atoms with Crippen LogP contribution in [-0.4, -0.2) is 41.8 Å². The fraction of sp³-hybridized carbons (Fsp3) is 0.556. The van der Waals surface area contributed by atoms with E-state index in [-0.39, 0.29) is 23.8 Å². The first-order chi connectivity index (χ1) is 10.6. The van der Waals surface area contributed by atoms with Crippen molar-refractivity contribution in [3.8, 4) is 0 Å². The Morgan fingerprint density at radius 1 is 1.23 bits per heavy atom. The molecule has 118 valence electrons. The monoisotopic (exact) mass is 300 g/mol. The topological polar surface area (TPSA) is 40.6 Å². The van der Waals surface area contributed by atoms with Crippen LogP contribution >= 0.6 is 0 Å². The lowest BCUT2D eigenvalue weighted by atomic mass is 9.94. The Kier molecular flexibility index (Phi) is 4.19. The minimum Gasteiger partial charge on any atom is -0.346 e. The zero-order valence-corrected chi connectivity index (χ0v) is 13.4. The first kappa shape index (κ1) is 15.1. The van der Waals surface area contributed by atoms with Crippen LogP contribution in [0.25, 0.3) is 0 Å². The third kappa shape index (κ3) is 2.87. The zero-order valence-electron chi connectivity index (χ0n) is 13.4. The molecule has 2 amide bonds. The molecule has 2 heterocycles. The summed E-state index contributed by atoms with van der Waals surface area (Å²) in [6.45, 7) is 3.59. The molecule has 0 saturated carbocycles. The van der Waals surface area contributed by atoms with Gasteiger partial charge in [0.1, 0.15) is 0 Å². The fourth-order valence-corrected chi connectivity index (χ4v) is 3.64. The Morgan fingerprint density at radius 3 is 2.77 bits per heavy atom. The molecule has 2 aliphatic heterocycles. The number of hydrogen-bond acceptors (Lipinski definition) is 2. The van der Waals surface area contributed by atoms with Crippen LogP contribution in [0.2, 0.25) is 0 Å². The number of nitrogens with zero attached hydrogens (tertiary/aromatic N) is 2. The first-order valence-corrected chi connectivity index (χ1v) is 8.17. The van der Waals surface area contributed by atoms with E-state index in [9.17, 15) is 9.59 Å². The van der Waals surface area contributed by atoms with Gasteiger partial charge in [0, 0.05) is 32.5 Å². The van der Waals surface area contributed by atoms with Crippen LogP contribution in [0, 0.1) is 12.8 Å². The molecule has 0 aromatic heterocycles. The van der Waals surface area contributed by atoms with Crippen molar-refractivity contribution in [3.63, 3.8) is 0 Å². The van der Waals surface area contributed by atoms with Crippen molar-refractivity contribution in [2.45, 2.75) is 38.6 Å². The highest BCUT2D eigenvalue weighted by molar-refractivity contribution is 5.87. The van der Waals surface area contributed by atoms with Crippen LogP contribution in [0.15, 0.2) is 24.3 Å². The van der Waals surface area contributed by atoms with E-state index in [4.69, 9.17) is 0 Å². The molecule has 0 radical (unpaired) electrons. The van der Waals surface area contributed by atoms with Crippen LogP contribution < -0.4 is 0 Å². The summed E-state index contributed by atoms with van der Waals surface area (Å²) in [6, 6.07) is 8.62. The van der Waals surface area contributed by atoms with Gasteiger partial charge in [-0.05, 0) is 31.7 Å². The number of carbonyl (C=O) groups excluding carboxylic acids is 2. The lowest BCUT2D eigenvalue weighted by Gasteiger charge is -2.33. The van der Waals surface area contributed by atoms with Gasteiger partial charge in [0.2, 0.25) is 11.8 Å². The van der Waals surface area contributed by atoms with E-state index in [1.165, 1.54) is 11.1 Å². The number of likely N-dealkylation sites (tertiary alicyclic amines) is 2. The van der Waals surface area contributed by atoms with Crippen molar-refractivity contribution in [2.75, 3.05) is 20.1 Å². The van der Waals surface area contributed by atoms with Crippen LogP contribution in [-0.2, 0) is 9.59 Å². The Morgan fingerprint density at radius 2 is 2.05 bits per heavy atom. The minimum absolute atomic E-state index is 0.0934. The molecular weight excluding hydrogens is 276 g/mol. The normalized spacial score (nSPS) is 25.6. The Balaban J connectivity index is 1.75. The van der Waals surface area contributed by atoms with Gasteiger partial charge in [0.25, 0.3) is 0 Å². The SMILES string of the molecule is Cc1cccc([C@H]2CCCN2C(=O)[C@@H]2CCN(C)C(=O)C2)c1. The summed E-state index contributed by atoms with van der Waals surface area (Å²) in [5, 5.41) is 0. The van der Waals surface area contributed by atoms with E-state index in [1.54, 1.807) is 4.90 Å². The number of benzene rings is 1. The molecule has 2 fully saturated rings. The summed E-state index contributed by atoms with van der Waals surface area (Å²) >= 11 is 0. The molecule has 0 N–H and O–H groups in total. The summed E-state index contributed by atoms with van der Waals surface area (Å²) in [6.07, 6.45) is 3.23. The smallest absolute Gasteiger partial charge is 0.226 e. The second-order valence-corrected chi connectivity index (χ2v) is 6.61. The first-order valence-electron chi connectivity index (χ1n) is 8.17. The van der Waals surface area contributed by atoms with Crippen molar-refractivity contribution in [2.24, 2.45) is 5.92 Å². The Hall–Kier alpha value is -1.84. The van der Waals surface area contributed by atoms with E-state index in [0.717, 1.165) is 25.8 Å². The number of amides is 2. The number of aryl methyl sites for hydroxylation is 1. The molecule has 1 aromatic carbocycles. The second-order valence-electron chi connectivity index (χ2n) is 6.61. The van der Waals surface area contributed by atoms with Gasteiger partial charge in [-0.25, -0.2) is 0 Å². The van der Waals surface area contributed by atoms with Crippen LogP contribution in [0.3, 0.4) is 0 Å². The quantitative estimate of drug-likeness (QED) is 0.842. The third-order valence-electron chi connectivity index (χ3n) is 4.97. The molecule has 0 aliphatic carbocycles. The van der Waals surface area contributed by atoms with Gasteiger partial charge in [-0.3, -0.25) is 9.59 Å². The number of piperidine rings is 1. The van der Waals surface area contributed by atoms with E-state index in [2.05, 4.69) is 31.2 Å². The van der Waals surface area contributed by atoms with Crippen LogP contribution in [0.4, 0.5) is 0 Å². The van der Waals surface area contributed by atoms with Gasteiger partial charge in [-0.2, -0.15) is 0 Å². The molecule has 4 heteroatoms. The molecule has 4 nitrogen and oxygen atoms in total. The molecule has 3 rings (SSSR count). The van der Waals surface area contributed by atoms with Crippen molar-refractivity contribution < 1.29 is 9.59 Å². The van der Waals surface area contributed by atoms with E-state index in [1.807, 2.05) is 11.9 Å². The van der Waals surface area contributed by atoms with Gasteiger partial charge < -0.3 is 9.80 Å². The summed E-state index contributed by atoms with van der Waals surface area (Å²) in [5.74, 6) is 0.135. The second kappa shape index (κ2) is 6.11. The molecule has 22 heavy (non-hydrogen) atoms. The van der Waals surface area contributed by atoms with Crippen LogP contribution in [0.5, 0.6) is 0 Å². The lowest BCUT2D eigenvalue weighted by Crippen LogP contribution is -2.43. The largest absolute Gasteiger partial charge is 0.346 e. The van der Waals surface area contributed by atoms with E-state index in [0.29, 0.717) is 13.0 Å². The number of carbonyl (C=O) groups is 2. The van der Waals surface area contributed by atoms with Crippen LogP contribution in [0.1, 0.15) is 42.9 Å². The van der Waals surface area contributed by atoms with E-state index >= 15 is 0 Å². The average molecular weight is 300 g/mol. The zero-order chi connectivity index (χ0) is 15.7. The maximum absolute atomic E-state index is 12.9. The highest BCUT2D eigenvalue weighted by Crippen LogP contribution is 2.34. The van der Waals surface area contributed by atoms with E-state index < -0.39 is 0 Å². The average Bonchev–Trinajstić information content (AvgIpc) is 2.99. The standard InChI is InChI=1S/C18H24N2O2/c1-13-5-3-6-14(11-13)16-7-4-9-20(16)18(22)15-8-10-19(2)17(21)12-15/h3,5-6,11,15-16H,4,7-10,12H2,1-2H3/t15-,16-/m1/s1. The fourth-order valence-electron chi connectivity index (χ4n) is 3.64.